The highest BCUT2D eigenvalue weighted by Crippen LogP contribution is 2.39. The summed E-state index contributed by atoms with van der Waals surface area (Å²) in [5.41, 5.74) is 0.523. The Morgan fingerprint density at radius 1 is 1.36 bits per heavy atom. The predicted molar refractivity (Wildman–Crippen MR) is 61.5 cm³/mol. The molecule has 0 saturated heterocycles. The summed E-state index contributed by atoms with van der Waals surface area (Å²) in [4.78, 5) is 0. The second-order valence-electron chi connectivity index (χ2n) is 5.48. The van der Waals surface area contributed by atoms with Crippen molar-refractivity contribution in [2.24, 2.45) is 5.41 Å². The van der Waals surface area contributed by atoms with Crippen LogP contribution in [0.1, 0.15) is 66.2 Å². The van der Waals surface area contributed by atoms with Crippen molar-refractivity contribution in [3.8, 4) is 0 Å². The van der Waals surface area contributed by atoms with Crippen molar-refractivity contribution < 1.29 is 4.74 Å². The lowest BCUT2D eigenvalue weighted by Gasteiger charge is -2.22. The maximum absolute atomic E-state index is 6.14. The van der Waals surface area contributed by atoms with E-state index < -0.39 is 0 Å². The smallest absolute Gasteiger partial charge is 0.0584 e. The predicted octanol–water partition coefficient (Wildman–Crippen LogP) is 4.16. The van der Waals surface area contributed by atoms with Crippen LogP contribution in [-0.2, 0) is 4.74 Å². The van der Waals surface area contributed by atoms with Crippen LogP contribution in [0.25, 0.3) is 0 Å². The summed E-state index contributed by atoms with van der Waals surface area (Å²) in [6.45, 7) is 9.19. The zero-order chi connectivity index (χ0) is 10.6. The molecule has 1 rings (SSSR count). The van der Waals surface area contributed by atoms with Gasteiger partial charge in [-0.25, -0.2) is 0 Å². The molecule has 0 heterocycles. The summed E-state index contributed by atoms with van der Waals surface area (Å²) >= 11 is 0. The van der Waals surface area contributed by atoms with Gasteiger partial charge in [0.25, 0.3) is 0 Å². The van der Waals surface area contributed by atoms with Gasteiger partial charge in [0.05, 0.1) is 12.2 Å². The number of rotatable bonds is 5. The topological polar surface area (TPSA) is 9.23 Å². The van der Waals surface area contributed by atoms with E-state index in [0.29, 0.717) is 17.6 Å². The molecule has 0 aliphatic heterocycles. The third kappa shape index (κ3) is 3.61. The normalized spacial score (nSPS) is 27.9. The van der Waals surface area contributed by atoms with Gasteiger partial charge < -0.3 is 4.74 Å². The van der Waals surface area contributed by atoms with Gasteiger partial charge in [0.1, 0.15) is 0 Å². The molecule has 1 saturated carbocycles. The van der Waals surface area contributed by atoms with E-state index >= 15 is 0 Å². The molecule has 0 radical (unpaired) electrons. The number of hydrogen-bond acceptors (Lipinski definition) is 1. The molecule has 0 amide bonds. The SMILES string of the molecule is CCCC(CC)OC1CCC(C)(C)C1. The quantitative estimate of drug-likeness (QED) is 0.644. The second kappa shape index (κ2) is 5.16. The standard InChI is InChI=1S/C13H26O/c1-5-7-11(6-2)14-12-8-9-13(3,4)10-12/h11-12H,5-10H2,1-4H3. The monoisotopic (exact) mass is 198 g/mol. The van der Waals surface area contributed by atoms with Gasteiger partial charge in [-0.2, -0.15) is 0 Å². The van der Waals surface area contributed by atoms with Gasteiger partial charge in [-0.05, 0) is 37.5 Å². The van der Waals surface area contributed by atoms with Crippen LogP contribution < -0.4 is 0 Å². The van der Waals surface area contributed by atoms with E-state index in [1.54, 1.807) is 0 Å². The Morgan fingerprint density at radius 3 is 2.50 bits per heavy atom. The van der Waals surface area contributed by atoms with E-state index in [1.807, 2.05) is 0 Å². The van der Waals surface area contributed by atoms with Crippen LogP contribution in [0.5, 0.6) is 0 Å². The first kappa shape index (κ1) is 12.0. The van der Waals surface area contributed by atoms with Gasteiger partial charge in [0.15, 0.2) is 0 Å². The minimum absolute atomic E-state index is 0.513. The first-order valence-corrected chi connectivity index (χ1v) is 6.23. The van der Waals surface area contributed by atoms with Gasteiger partial charge in [0, 0.05) is 0 Å². The maximum Gasteiger partial charge on any atom is 0.0584 e. The van der Waals surface area contributed by atoms with Crippen LogP contribution in [0.4, 0.5) is 0 Å². The Hall–Kier alpha value is -0.0400. The van der Waals surface area contributed by atoms with Crippen molar-refractivity contribution in [2.75, 3.05) is 0 Å². The second-order valence-corrected chi connectivity index (χ2v) is 5.48. The van der Waals surface area contributed by atoms with Crippen molar-refractivity contribution in [1.29, 1.82) is 0 Å². The fraction of sp³-hybridized carbons (Fsp3) is 1.00. The van der Waals surface area contributed by atoms with Crippen molar-refractivity contribution in [3.63, 3.8) is 0 Å². The lowest BCUT2D eigenvalue weighted by Crippen LogP contribution is -2.20. The van der Waals surface area contributed by atoms with Crippen LogP contribution in [0.3, 0.4) is 0 Å². The molecule has 0 aromatic heterocycles. The van der Waals surface area contributed by atoms with E-state index in [9.17, 15) is 0 Å². The third-order valence-corrected chi connectivity index (χ3v) is 3.37. The molecule has 0 spiro atoms. The number of ether oxygens (including phenoxy) is 1. The van der Waals surface area contributed by atoms with Crippen molar-refractivity contribution in [1.82, 2.24) is 0 Å². The molecule has 14 heavy (non-hydrogen) atoms. The Balaban J connectivity index is 2.30. The number of hydrogen-bond donors (Lipinski definition) is 0. The Kier molecular flexibility index (Phi) is 4.43. The van der Waals surface area contributed by atoms with Crippen molar-refractivity contribution in [3.05, 3.63) is 0 Å². The van der Waals surface area contributed by atoms with Crippen LogP contribution in [0, 0.1) is 5.41 Å². The molecule has 1 heteroatoms. The lowest BCUT2D eigenvalue weighted by atomic mass is 9.92. The molecule has 2 unspecified atom stereocenters. The molecule has 1 nitrogen and oxygen atoms in total. The molecule has 1 aliphatic rings. The Morgan fingerprint density at radius 2 is 2.07 bits per heavy atom. The van der Waals surface area contributed by atoms with Gasteiger partial charge in [0.2, 0.25) is 0 Å². The highest BCUT2D eigenvalue weighted by atomic mass is 16.5. The van der Waals surface area contributed by atoms with Gasteiger partial charge >= 0.3 is 0 Å². The van der Waals surface area contributed by atoms with Gasteiger partial charge in [-0.1, -0.05) is 34.1 Å². The summed E-state index contributed by atoms with van der Waals surface area (Å²) in [5.74, 6) is 0. The van der Waals surface area contributed by atoms with Crippen molar-refractivity contribution >= 4 is 0 Å². The van der Waals surface area contributed by atoms with E-state index in [4.69, 9.17) is 4.74 Å². The average Bonchev–Trinajstić information content (AvgIpc) is 2.45. The minimum atomic E-state index is 0.513. The fourth-order valence-corrected chi connectivity index (χ4v) is 2.45. The zero-order valence-electron chi connectivity index (χ0n) is 10.3. The molecule has 0 aromatic rings. The molecule has 0 N–H and O–H groups in total. The summed E-state index contributed by atoms with van der Waals surface area (Å²) in [6.07, 6.45) is 8.56. The third-order valence-electron chi connectivity index (χ3n) is 3.37. The van der Waals surface area contributed by atoms with Gasteiger partial charge in [-0.3, -0.25) is 0 Å². The van der Waals surface area contributed by atoms with Gasteiger partial charge in [-0.15, -0.1) is 0 Å². The maximum atomic E-state index is 6.14. The summed E-state index contributed by atoms with van der Waals surface area (Å²) in [5, 5.41) is 0. The Bertz CT molecular complexity index is 163. The summed E-state index contributed by atoms with van der Waals surface area (Å²) in [7, 11) is 0. The van der Waals surface area contributed by atoms with E-state index in [-0.39, 0.29) is 0 Å². The largest absolute Gasteiger partial charge is 0.375 e. The van der Waals surface area contributed by atoms with Crippen LogP contribution in [-0.4, -0.2) is 12.2 Å². The van der Waals surface area contributed by atoms with Crippen LogP contribution in [0.2, 0.25) is 0 Å². The van der Waals surface area contributed by atoms with E-state index in [2.05, 4.69) is 27.7 Å². The molecule has 0 bridgehead atoms. The van der Waals surface area contributed by atoms with E-state index in [1.165, 1.54) is 38.5 Å². The molecule has 1 fully saturated rings. The Labute approximate surface area is 89.2 Å². The molecular formula is C13H26O. The van der Waals surface area contributed by atoms with Crippen LogP contribution >= 0.6 is 0 Å². The summed E-state index contributed by atoms with van der Waals surface area (Å²) in [6, 6.07) is 0. The fourth-order valence-electron chi connectivity index (χ4n) is 2.45. The first-order chi connectivity index (χ1) is 6.57. The van der Waals surface area contributed by atoms with E-state index in [0.717, 1.165) is 0 Å². The molecular weight excluding hydrogens is 172 g/mol. The molecule has 84 valence electrons. The average molecular weight is 198 g/mol. The molecule has 0 aromatic carbocycles. The zero-order valence-corrected chi connectivity index (χ0v) is 10.3. The van der Waals surface area contributed by atoms with Crippen LogP contribution in [0.15, 0.2) is 0 Å². The minimum Gasteiger partial charge on any atom is -0.375 e. The highest BCUT2D eigenvalue weighted by molar-refractivity contribution is 4.83. The summed E-state index contributed by atoms with van der Waals surface area (Å²) < 4.78 is 6.14. The lowest BCUT2D eigenvalue weighted by molar-refractivity contribution is -0.0185. The van der Waals surface area contributed by atoms with Crippen molar-refractivity contribution in [2.45, 2.75) is 78.4 Å². The highest BCUT2D eigenvalue weighted by Gasteiger charge is 2.32. The molecule has 2 atom stereocenters. The molecule has 1 aliphatic carbocycles. The first-order valence-electron chi connectivity index (χ1n) is 6.23.